The van der Waals surface area contributed by atoms with Crippen LogP contribution in [0, 0.1) is 12.7 Å². The van der Waals surface area contributed by atoms with Crippen molar-refractivity contribution < 1.29 is 9.13 Å². The molecule has 0 aliphatic carbocycles. The van der Waals surface area contributed by atoms with Gasteiger partial charge in [0.25, 0.3) is 0 Å². The van der Waals surface area contributed by atoms with Gasteiger partial charge in [-0.3, -0.25) is 0 Å². The third-order valence-corrected chi connectivity index (χ3v) is 2.71. The molecule has 0 bridgehead atoms. The number of aryl methyl sites for hydroxylation is 1. The van der Waals surface area contributed by atoms with Crippen LogP contribution >= 0.6 is 0 Å². The molecule has 0 aliphatic rings. The molecule has 2 rings (SSSR count). The van der Waals surface area contributed by atoms with Crippen LogP contribution in [-0.4, -0.2) is 7.11 Å². The Morgan fingerprint density at radius 3 is 2.39 bits per heavy atom. The zero-order valence-corrected chi connectivity index (χ0v) is 10.3. The Kier molecular flexibility index (Phi) is 3.37. The first kappa shape index (κ1) is 12.2. The van der Waals surface area contributed by atoms with Gasteiger partial charge >= 0.3 is 0 Å². The van der Waals surface area contributed by atoms with E-state index in [1.165, 1.54) is 13.2 Å². The standard InChI is InChI=1S/C14H15FN2O/c1-9-7-10(3-5-13(9)16)17-11-4-6-14(18-2)12(15)8-11/h3-8,17H,16H2,1-2H3. The predicted molar refractivity (Wildman–Crippen MR) is 71.8 cm³/mol. The molecule has 0 saturated carbocycles. The van der Waals surface area contributed by atoms with Crippen LogP contribution in [0.4, 0.5) is 21.5 Å². The van der Waals surface area contributed by atoms with Crippen molar-refractivity contribution in [1.82, 2.24) is 0 Å². The minimum atomic E-state index is -0.394. The summed E-state index contributed by atoms with van der Waals surface area (Å²) in [4.78, 5) is 0. The number of anilines is 3. The second-order valence-corrected chi connectivity index (χ2v) is 4.05. The Morgan fingerprint density at radius 2 is 1.78 bits per heavy atom. The van der Waals surface area contributed by atoms with Gasteiger partial charge < -0.3 is 15.8 Å². The average molecular weight is 246 g/mol. The zero-order valence-electron chi connectivity index (χ0n) is 10.3. The van der Waals surface area contributed by atoms with Crippen molar-refractivity contribution in [3.63, 3.8) is 0 Å². The van der Waals surface area contributed by atoms with E-state index in [1.807, 2.05) is 25.1 Å². The van der Waals surface area contributed by atoms with Gasteiger partial charge in [0.1, 0.15) is 0 Å². The topological polar surface area (TPSA) is 47.3 Å². The molecule has 0 spiro atoms. The maximum absolute atomic E-state index is 13.5. The van der Waals surface area contributed by atoms with Gasteiger partial charge in [-0.05, 0) is 42.8 Å². The lowest BCUT2D eigenvalue weighted by atomic mass is 10.2. The molecule has 18 heavy (non-hydrogen) atoms. The van der Waals surface area contributed by atoms with Crippen LogP contribution in [-0.2, 0) is 0 Å². The molecule has 3 N–H and O–H groups in total. The van der Waals surface area contributed by atoms with Gasteiger partial charge in [-0.25, -0.2) is 4.39 Å². The number of rotatable bonds is 3. The minimum absolute atomic E-state index is 0.231. The van der Waals surface area contributed by atoms with Crippen molar-refractivity contribution in [3.8, 4) is 5.75 Å². The molecule has 0 unspecified atom stereocenters. The van der Waals surface area contributed by atoms with Crippen molar-refractivity contribution in [2.45, 2.75) is 6.92 Å². The summed E-state index contributed by atoms with van der Waals surface area (Å²) in [5, 5.41) is 3.11. The van der Waals surface area contributed by atoms with Gasteiger partial charge in [-0.15, -0.1) is 0 Å². The van der Waals surface area contributed by atoms with E-state index < -0.39 is 5.82 Å². The number of hydrogen-bond donors (Lipinski definition) is 2. The van der Waals surface area contributed by atoms with Gasteiger partial charge in [0.2, 0.25) is 0 Å². The fraction of sp³-hybridized carbons (Fsp3) is 0.143. The van der Waals surface area contributed by atoms with Crippen molar-refractivity contribution in [3.05, 3.63) is 47.8 Å². The van der Waals surface area contributed by atoms with Crippen LogP contribution in [0.5, 0.6) is 5.75 Å². The predicted octanol–water partition coefficient (Wildman–Crippen LogP) is 3.47. The zero-order chi connectivity index (χ0) is 13.1. The molecule has 2 aromatic rings. The first-order valence-electron chi connectivity index (χ1n) is 5.57. The second-order valence-electron chi connectivity index (χ2n) is 4.05. The third-order valence-electron chi connectivity index (χ3n) is 2.71. The molecule has 0 atom stereocenters. The number of nitrogens with two attached hydrogens (primary N) is 1. The summed E-state index contributed by atoms with van der Waals surface area (Å²) in [6.07, 6.45) is 0. The number of benzene rings is 2. The Balaban J connectivity index is 2.23. The van der Waals surface area contributed by atoms with Crippen LogP contribution < -0.4 is 15.8 Å². The van der Waals surface area contributed by atoms with Gasteiger partial charge in [-0.2, -0.15) is 0 Å². The van der Waals surface area contributed by atoms with Gasteiger partial charge in [0, 0.05) is 23.1 Å². The van der Waals surface area contributed by atoms with E-state index in [0.29, 0.717) is 5.69 Å². The number of methoxy groups -OCH3 is 1. The number of hydrogen-bond acceptors (Lipinski definition) is 3. The molecular weight excluding hydrogens is 231 g/mol. The Morgan fingerprint density at radius 1 is 1.11 bits per heavy atom. The molecule has 0 radical (unpaired) electrons. The Hall–Kier alpha value is -2.23. The summed E-state index contributed by atoms with van der Waals surface area (Å²) in [6.45, 7) is 1.93. The van der Waals surface area contributed by atoms with Gasteiger partial charge in [0.05, 0.1) is 7.11 Å². The number of ether oxygens (including phenoxy) is 1. The quantitative estimate of drug-likeness (QED) is 0.815. The summed E-state index contributed by atoms with van der Waals surface area (Å²) >= 11 is 0. The van der Waals surface area contributed by atoms with Crippen LogP contribution in [0.1, 0.15) is 5.56 Å². The monoisotopic (exact) mass is 246 g/mol. The summed E-state index contributed by atoms with van der Waals surface area (Å²) < 4.78 is 18.4. The molecule has 0 heterocycles. The smallest absolute Gasteiger partial charge is 0.167 e. The lowest BCUT2D eigenvalue weighted by Gasteiger charge is -2.10. The van der Waals surface area contributed by atoms with Crippen molar-refractivity contribution in [2.24, 2.45) is 0 Å². The maximum Gasteiger partial charge on any atom is 0.167 e. The normalized spacial score (nSPS) is 10.2. The average Bonchev–Trinajstić information content (AvgIpc) is 2.34. The maximum atomic E-state index is 13.5. The van der Waals surface area contributed by atoms with Crippen LogP contribution in [0.2, 0.25) is 0 Å². The molecule has 2 aromatic carbocycles. The fourth-order valence-corrected chi connectivity index (χ4v) is 1.66. The van der Waals surface area contributed by atoms with E-state index in [-0.39, 0.29) is 5.75 Å². The highest BCUT2D eigenvalue weighted by Gasteiger charge is 2.04. The Bertz CT molecular complexity index is 570. The van der Waals surface area contributed by atoms with Gasteiger partial charge in [-0.1, -0.05) is 0 Å². The summed E-state index contributed by atoms with van der Waals surface area (Å²) in [6, 6.07) is 10.3. The highest BCUT2D eigenvalue weighted by atomic mass is 19.1. The number of halogens is 1. The Labute approximate surface area is 105 Å². The minimum Gasteiger partial charge on any atom is -0.494 e. The van der Waals surface area contributed by atoms with Crippen molar-refractivity contribution in [1.29, 1.82) is 0 Å². The summed E-state index contributed by atoms with van der Waals surface area (Å²) in [5.74, 6) is -0.163. The van der Waals surface area contributed by atoms with Crippen LogP contribution in [0.25, 0.3) is 0 Å². The van der Waals surface area contributed by atoms with Crippen LogP contribution in [0.3, 0.4) is 0 Å². The van der Waals surface area contributed by atoms with E-state index in [9.17, 15) is 4.39 Å². The fourth-order valence-electron chi connectivity index (χ4n) is 1.66. The first-order valence-corrected chi connectivity index (χ1v) is 5.57. The lowest BCUT2D eigenvalue weighted by Crippen LogP contribution is -1.95. The second kappa shape index (κ2) is 4.96. The highest BCUT2D eigenvalue weighted by molar-refractivity contribution is 5.64. The number of nitrogen functional groups attached to an aromatic ring is 1. The lowest BCUT2D eigenvalue weighted by molar-refractivity contribution is 0.386. The molecular formula is C14H15FN2O. The molecule has 4 heteroatoms. The largest absolute Gasteiger partial charge is 0.494 e. The molecule has 94 valence electrons. The highest BCUT2D eigenvalue weighted by Crippen LogP contribution is 2.25. The molecule has 0 aliphatic heterocycles. The van der Waals surface area contributed by atoms with E-state index in [1.54, 1.807) is 12.1 Å². The number of nitrogens with one attached hydrogen (secondary N) is 1. The third kappa shape index (κ3) is 2.53. The van der Waals surface area contributed by atoms with E-state index >= 15 is 0 Å². The SMILES string of the molecule is COc1ccc(Nc2ccc(N)c(C)c2)cc1F. The van der Waals surface area contributed by atoms with Crippen molar-refractivity contribution in [2.75, 3.05) is 18.2 Å². The molecule has 0 aromatic heterocycles. The molecule has 0 saturated heterocycles. The van der Waals surface area contributed by atoms with E-state index in [0.717, 1.165) is 16.9 Å². The summed E-state index contributed by atoms with van der Waals surface area (Å²) in [7, 11) is 1.44. The van der Waals surface area contributed by atoms with Gasteiger partial charge in [0.15, 0.2) is 11.6 Å². The molecule has 3 nitrogen and oxygen atoms in total. The first-order chi connectivity index (χ1) is 8.60. The van der Waals surface area contributed by atoms with E-state index in [4.69, 9.17) is 10.5 Å². The van der Waals surface area contributed by atoms with Crippen LogP contribution in [0.15, 0.2) is 36.4 Å². The molecule has 0 fully saturated rings. The van der Waals surface area contributed by atoms with E-state index in [2.05, 4.69) is 5.32 Å². The molecule has 0 amide bonds. The van der Waals surface area contributed by atoms with Crippen molar-refractivity contribution >= 4 is 17.1 Å². The summed E-state index contributed by atoms with van der Waals surface area (Å²) in [5.41, 5.74) is 8.99.